The summed E-state index contributed by atoms with van der Waals surface area (Å²) in [5.41, 5.74) is -1.19. The number of carboxylic acids is 1. The highest BCUT2D eigenvalue weighted by atomic mass is 16.5. The standard InChI is InChI=1S/C14H25NO5/c1-3-7-14(2,13(17)18)15-12(16)6-10-20-11-4-8-19-9-5-11/h11H,3-10H2,1-2H3,(H,15,16)(H,17,18). The summed E-state index contributed by atoms with van der Waals surface area (Å²) >= 11 is 0. The van der Waals surface area contributed by atoms with Crippen LogP contribution in [0.4, 0.5) is 0 Å². The minimum Gasteiger partial charge on any atom is -0.480 e. The van der Waals surface area contributed by atoms with Crippen LogP contribution in [-0.4, -0.2) is 48.4 Å². The molecule has 1 atom stereocenters. The first-order valence-corrected chi connectivity index (χ1v) is 7.21. The van der Waals surface area contributed by atoms with Gasteiger partial charge in [0.2, 0.25) is 5.91 Å². The maximum absolute atomic E-state index is 11.8. The molecule has 0 spiro atoms. The van der Waals surface area contributed by atoms with Gasteiger partial charge in [-0.1, -0.05) is 13.3 Å². The zero-order valence-electron chi connectivity index (χ0n) is 12.3. The van der Waals surface area contributed by atoms with E-state index in [0.29, 0.717) is 32.7 Å². The molecule has 20 heavy (non-hydrogen) atoms. The van der Waals surface area contributed by atoms with Crippen LogP contribution in [0.1, 0.15) is 46.0 Å². The molecule has 0 bridgehead atoms. The van der Waals surface area contributed by atoms with Crippen LogP contribution in [0.3, 0.4) is 0 Å². The summed E-state index contributed by atoms with van der Waals surface area (Å²) in [4.78, 5) is 23.0. The quantitative estimate of drug-likeness (QED) is 0.703. The second-order valence-electron chi connectivity index (χ2n) is 5.37. The normalized spacial score (nSPS) is 19.3. The van der Waals surface area contributed by atoms with Crippen molar-refractivity contribution in [1.82, 2.24) is 5.32 Å². The van der Waals surface area contributed by atoms with E-state index in [4.69, 9.17) is 9.47 Å². The fraction of sp³-hybridized carbons (Fsp3) is 0.857. The molecule has 1 aliphatic rings. The molecule has 0 aliphatic carbocycles. The largest absolute Gasteiger partial charge is 0.480 e. The predicted octanol–water partition coefficient (Wildman–Crippen LogP) is 1.33. The highest BCUT2D eigenvalue weighted by Crippen LogP contribution is 2.14. The molecule has 0 aromatic heterocycles. The average molecular weight is 287 g/mol. The first-order valence-electron chi connectivity index (χ1n) is 7.21. The molecule has 0 aromatic carbocycles. The van der Waals surface area contributed by atoms with Crippen LogP contribution >= 0.6 is 0 Å². The second kappa shape index (κ2) is 8.21. The second-order valence-corrected chi connectivity index (χ2v) is 5.37. The molecule has 1 fully saturated rings. The summed E-state index contributed by atoms with van der Waals surface area (Å²) in [6.45, 7) is 5.14. The average Bonchev–Trinajstić information content (AvgIpc) is 2.40. The Morgan fingerprint density at radius 2 is 2.05 bits per heavy atom. The van der Waals surface area contributed by atoms with Crippen molar-refractivity contribution in [2.24, 2.45) is 0 Å². The lowest BCUT2D eigenvalue weighted by atomic mass is 9.96. The van der Waals surface area contributed by atoms with E-state index < -0.39 is 11.5 Å². The van der Waals surface area contributed by atoms with Gasteiger partial charge >= 0.3 is 5.97 Å². The molecular formula is C14H25NO5. The van der Waals surface area contributed by atoms with Crippen LogP contribution in [0.25, 0.3) is 0 Å². The summed E-state index contributed by atoms with van der Waals surface area (Å²) in [6, 6.07) is 0. The fourth-order valence-corrected chi connectivity index (χ4v) is 2.25. The lowest BCUT2D eigenvalue weighted by Gasteiger charge is -2.26. The van der Waals surface area contributed by atoms with Gasteiger partial charge in [0.1, 0.15) is 5.54 Å². The number of carbonyl (C=O) groups excluding carboxylic acids is 1. The Hall–Kier alpha value is -1.14. The monoisotopic (exact) mass is 287 g/mol. The van der Waals surface area contributed by atoms with E-state index in [9.17, 15) is 14.7 Å². The van der Waals surface area contributed by atoms with Crippen molar-refractivity contribution < 1.29 is 24.2 Å². The molecule has 1 amide bonds. The number of aliphatic carboxylic acids is 1. The molecule has 1 heterocycles. The lowest BCUT2D eigenvalue weighted by Crippen LogP contribution is -2.52. The SMILES string of the molecule is CCCC(C)(NC(=O)CCOC1CCOCC1)C(=O)O. The van der Waals surface area contributed by atoms with Crippen LogP contribution < -0.4 is 5.32 Å². The van der Waals surface area contributed by atoms with Crippen molar-refractivity contribution in [3.05, 3.63) is 0 Å². The lowest BCUT2D eigenvalue weighted by molar-refractivity contribution is -0.147. The van der Waals surface area contributed by atoms with Gasteiger partial charge in [0.25, 0.3) is 0 Å². The Kier molecular flexibility index (Phi) is 6.95. The van der Waals surface area contributed by atoms with Crippen molar-refractivity contribution >= 4 is 11.9 Å². The molecule has 1 rings (SSSR count). The van der Waals surface area contributed by atoms with Gasteiger partial charge in [-0.2, -0.15) is 0 Å². The van der Waals surface area contributed by atoms with Gasteiger partial charge in [-0.15, -0.1) is 0 Å². The van der Waals surface area contributed by atoms with Crippen LogP contribution in [-0.2, 0) is 19.1 Å². The maximum Gasteiger partial charge on any atom is 0.329 e. The topological polar surface area (TPSA) is 84.9 Å². The zero-order valence-corrected chi connectivity index (χ0v) is 12.3. The molecule has 0 saturated carbocycles. The van der Waals surface area contributed by atoms with Gasteiger partial charge in [-0.25, -0.2) is 4.79 Å². The molecular weight excluding hydrogens is 262 g/mol. The first-order chi connectivity index (χ1) is 9.48. The first kappa shape index (κ1) is 16.9. The third kappa shape index (κ3) is 5.46. The molecule has 1 unspecified atom stereocenters. The van der Waals surface area contributed by atoms with Gasteiger partial charge in [-0.3, -0.25) is 4.79 Å². The van der Waals surface area contributed by atoms with Gasteiger partial charge in [-0.05, 0) is 26.2 Å². The fourth-order valence-electron chi connectivity index (χ4n) is 2.25. The Morgan fingerprint density at radius 3 is 2.60 bits per heavy atom. The van der Waals surface area contributed by atoms with Crippen LogP contribution in [0.5, 0.6) is 0 Å². The van der Waals surface area contributed by atoms with E-state index in [1.54, 1.807) is 0 Å². The van der Waals surface area contributed by atoms with Crippen molar-refractivity contribution in [2.45, 2.75) is 57.6 Å². The van der Waals surface area contributed by atoms with Crippen molar-refractivity contribution in [1.29, 1.82) is 0 Å². The van der Waals surface area contributed by atoms with E-state index >= 15 is 0 Å². The third-order valence-electron chi connectivity index (χ3n) is 3.49. The summed E-state index contributed by atoms with van der Waals surface area (Å²) < 4.78 is 10.8. The number of nitrogens with one attached hydrogen (secondary N) is 1. The van der Waals surface area contributed by atoms with Crippen LogP contribution in [0.15, 0.2) is 0 Å². The van der Waals surface area contributed by atoms with Crippen molar-refractivity contribution in [3.8, 4) is 0 Å². The molecule has 116 valence electrons. The number of carbonyl (C=O) groups is 2. The van der Waals surface area contributed by atoms with E-state index in [1.165, 1.54) is 6.92 Å². The predicted molar refractivity (Wildman–Crippen MR) is 73.5 cm³/mol. The van der Waals surface area contributed by atoms with Gasteiger partial charge < -0.3 is 19.9 Å². The van der Waals surface area contributed by atoms with Crippen molar-refractivity contribution in [2.75, 3.05) is 19.8 Å². The van der Waals surface area contributed by atoms with E-state index in [0.717, 1.165) is 12.8 Å². The number of carboxylic acid groups (broad SMARTS) is 1. The van der Waals surface area contributed by atoms with Crippen LogP contribution in [0.2, 0.25) is 0 Å². The molecule has 2 N–H and O–H groups in total. The maximum atomic E-state index is 11.8. The van der Waals surface area contributed by atoms with Gasteiger partial charge in [0.15, 0.2) is 0 Å². The smallest absolute Gasteiger partial charge is 0.329 e. The number of amides is 1. The molecule has 6 nitrogen and oxygen atoms in total. The molecule has 0 aromatic rings. The summed E-state index contributed by atoms with van der Waals surface area (Å²) in [5.74, 6) is -1.28. The zero-order chi connectivity index (χ0) is 15.0. The number of hydrogen-bond donors (Lipinski definition) is 2. The Labute approximate surface area is 119 Å². The third-order valence-corrected chi connectivity index (χ3v) is 3.49. The summed E-state index contributed by atoms with van der Waals surface area (Å²) in [5, 5.41) is 11.8. The number of hydrogen-bond acceptors (Lipinski definition) is 4. The van der Waals surface area contributed by atoms with E-state index in [-0.39, 0.29) is 18.4 Å². The summed E-state index contributed by atoms with van der Waals surface area (Å²) in [6.07, 6.45) is 3.15. The Balaban J connectivity index is 2.29. The van der Waals surface area contributed by atoms with Crippen LogP contribution in [0, 0.1) is 0 Å². The number of rotatable bonds is 8. The van der Waals surface area contributed by atoms with Gasteiger partial charge in [0, 0.05) is 19.6 Å². The Morgan fingerprint density at radius 1 is 1.40 bits per heavy atom. The molecule has 6 heteroatoms. The molecule has 1 saturated heterocycles. The van der Waals surface area contributed by atoms with Gasteiger partial charge in [0.05, 0.1) is 12.7 Å². The Bertz CT molecular complexity index is 328. The highest BCUT2D eigenvalue weighted by Gasteiger charge is 2.33. The minimum absolute atomic E-state index is 0.151. The van der Waals surface area contributed by atoms with E-state index in [1.807, 2.05) is 6.92 Å². The highest BCUT2D eigenvalue weighted by molar-refractivity contribution is 5.86. The number of ether oxygens (including phenoxy) is 2. The summed E-state index contributed by atoms with van der Waals surface area (Å²) in [7, 11) is 0. The minimum atomic E-state index is -1.19. The molecule has 1 aliphatic heterocycles. The van der Waals surface area contributed by atoms with Crippen molar-refractivity contribution in [3.63, 3.8) is 0 Å². The van der Waals surface area contributed by atoms with E-state index in [2.05, 4.69) is 5.32 Å². The molecule has 0 radical (unpaired) electrons.